The molecule has 10 heavy (non-hydrogen) atoms. The molecule has 1 unspecified atom stereocenters. The van der Waals surface area contributed by atoms with Crippen molar-refractivity contribution in [3.63, 3.8) is 0 Å². The van der Waals surface area contributed by atoms with Gasteiger partial charge in [-0.05, 0) is 23.6 Å². The maximum atomic E-state index is 5.20. The highest BCUT2D eigenvalue weighted by atomic mass is 32.9. The van der Waals surface area contributed by atoms with E-state index in [9.17, 15) is 0 Å². The van der Waals surface area contributed by atoms with E-state index in [0.29, 0.717) is 5.04 Å². The molecule has 0 bridgehead atoms. The van der Waals surface area contributed by atoms with Gasteiger partial charge in [-0.25, -0.2) is 0 Å². The van der Waals surface area contributed by atoms with Gasteiger partial charge in [0.15, 0.2) is 0 Å². The smallest absolute Gasteiger partial charge is 0.276 e. The Labute approximate surface area is 76.2 Å². The van der Waals surface area contributed by atoms with E-state index in [1.807, 2.05) is 0 Å². The highest BCUT2D eigenvalue weighted by Crippen LogP contribution is 2.49. The molecule has 0 aliphatic heterocycles. The van der Waals surface area contributed by atoms with Gasteiger partial charge in [0.2, 0.25) is 0 Å². The largest absolute Gasteiger partial charge is 0.496 e. The summed E-state index contributed by atoms with van der Waals surface area (Å²) < 4.78 is 0. The van der Waals surface area contributed by atoms with Gasteiger partial charge in [-0.1, -0.05) is 20.8 Å². The van der Waals surface area contributed by atoms with E-state index < -0.39 is 13.2 Å². The summed E-state index contributed by atoms with van der Waals surface area (Å²) in [5.74, 6) is 0. The van der Waals surface area contributed by atoms with Crippen molar-refractivity contribution < 1.29 is 0 Å². The Morgan fingerprint density at radius 2 is 1.60 bits per heavy atom. The zero-order valence-electron chi connectivity index (χ0n) is 7.26. The Bertz CT molecular complexity index is 148. The molecule has 0 saturated heterocycles. The zero-order chi connectivity index (χ0) is 8.58. The monoisotopic (exact) mass is 210 g/mol. The fourth-order valence-electron chi connectivity index (χ4n) is 0.274. The topological polar surface area (TPSA) is 0 Å². The Hall–Kier alpha value is 1.09. The molecule has 0 heterocycles. The molecule has 0 amide bonds. The lowest BCUT2D eigenvalue weighted by Gasteiger charge is -2.30. The predicted molar refractivity (Wildman–Crippen MR) is 58.8 cm³/mol. The van der Waals surface area contributed by atoms with Crippen LogP contribution in [0.25, 0.3) is 0 Å². The summed E-state index contributed by atoms with van der Waals surface area (Å²) in [5.41, 5.74) is -0.526. The molecule has 0 aromatic carbocycles. The van der Waals surface area contributed by atoms with Crippen molar-refractivity contribution in [2.45, 2.75) is 38.9 Å². The molecule has 0 nitrogen and oxygen atoms in total. The minimum absolute atomic E-state index is 0.377. The maximum absolute atomic E-state index is 5.20. The van der Waals surface area contributed by atoms with Crippen molar-refractivity contribution in [1.29, 1.82) is 0 Å². The highest BCUT2D eigenvalue weighted by Gasteiger charge is 2.44. The van der Waals surface area contributed by atoms with E-state index in [2.05, 4.69) is 33.9 Å². The number of hydrogen-bond donors (Lipinski definition) is 0. The molecule has 0 rings (SSSR count). The third-order valence-electron chi connectivity index (χ3n) is 2.29. The number of hydrogen-bond acceptors (Lipinski definition) is 2. The van der Waals surface area contributed by atoms with Crippen molar-refractivity contribution in [2.24, 2.45) is 0 Å². The first-order valence-electron chi connectivity index (χ1n) is 3.34. The lowest BCUT2D eigenvalue weighted by molar-refractivity contribution is 0.736. The van der Waals surface area contributed by atoms with Gasteiger partial charge in [0.1, 0.15) is 11.8 Å². The maximum Gasteiger partial charge on any atom is 0.276 e. The summed E-state index contributed by atoms with van der Waals surface area (Å²) in [6.45, 7) is 11.4. The van der Waals surface area contributed by atoms with Gasteiger partial charge in [-0.3, -0.25) is 0 Å². The first kappa shape index (κ1) is 11.1. The molecule has 0 N–H and O–H groups in total. The van der Waals surface area contributed by atoms with Gasteiger partial charge >= 0.3 is 0 Å². The van der Waals surface area contributed by atoms with E-state index in [1.54, 1.807) is 0 Å². The predicted octanol–water partition coefficient (Wildman–Crippen LogP) is 3.40. The lowest BCUT2D eigenvalue weighted by atomic mass is 10.2. The van der Waals surface area contributed by atoms with Crippen molar-refractivity contribution in [3.8, 4) is 0 Å². The normalized spacial score (nSPS) is 15.2. The van der Waals surface area contributed by atoms with Gasteiger partial charge in [-0.2, -0.15) is 0 Å². The Balaban J connectivity index is 4.57. The SMILES string of the molecule is CC(C)(C)[Si](C)(C)[P+](=S)[S-]. The van der Waals surface area contributed by atoms with Gasteiger partial charge in [0.05, 0.1) is 0 Å². The Morgan fingerprint density at radius 3 is 1.60 bits per heavy atom. The second-order valence-corrected chi connectivity index (χ2v) is 18.7. The first-order chi connectivity index (χ1) is 4.19. The molecular weight excluding hydrogens is 195 g/mol. The molecule has 60 valence electrons. The third kappa shape index (κ3) is 2.30. The van der Waals surface area contributed by atoms with Crippen LogP contribution in [0.15, 0.2) is 0 Å². The highest BCUT2D eigenvalue weighted by molar-refractivity contribution is 8.59. The Kier molecular flexibility index (Phi) is 3.57. The van der Waals surface area contributed by atoms with Crippen molar-refractivity contribution >= 4 is 37.2 Å². The van der Waals surface area contributed by atoms with Gasteiger partial charge in [0, 0.05) is 0 Å². The minimum atomic E-state index is -1.29. The van der Waals surface area contributed by atoms with Crippen LogP contribution in [0.4, 0.5) is 0 Å². The second-order valence-electron chi connectivity index (χ2n) is 4.07. The van der Waals surface area contributed by atoms with Crippen LogP contribution in [0, 0.1) is 0 Å². The van der Waals surface area contributed by atoms with E-state index in [-0.39, 0.29) is 0 Å². The van der Waals surface area contributed by atoms with Crippen molar-refractivity contribution in [3.05, 3.63) is 0 Å². The van der Waals surface area contributed by atoms with Crippen LogP contribution in [0.3, 0.4) is 0 Å². The van der Waals surface area contributed by atoms with Gasteiger partial charge < -0.3 is 12.2 Å². The van der Waals surface area contributed by atoms with Crippen LogP contribution in [0.5, 0.6) is 0 Å². The van der Waals surface area contributed by atoms with Crippen LogP contribution in [0.1, 0.15) is 20.8 Å². The van der Waals surface area contributed by atoms with E-state index >= 15 is 0 Å². The molecular formula is C6H15PS2Si. The molecule has 0 spiro atoms. The molecule has 0 aliphatic carbocycles. The van der Waals surface area contributed by atoms with Crippen LogP contribution >= 0.6 is 5.45 Å². The average molecular weight is 210 g/mol. The van der Waals surface area contributed by atoms with Crippen LogP contribution in [-0.2, 0) is 24.1 Å². The quantitative estimate of drug-likeness (QED) is 0.369. The van der Waals surface area contributed by atoms with Crippen molar-refractivity contribution in [2.75, 3.05) is 0 Å². The molecule has 0 fully saturated rings. The third-order valence-corrected chi connectivity index (χ3v) is 19.8. The zero-order valence-corrected chi connectivity index (χ0v) is 10.8. The minimum Gasteiger partial charge on any atom is -0.496 e. The molecule has 0 radical (unpaired) electrons. The average Bonchev–Trinajstić information content (AvgIpc) is 1.62. The van der Waals surface area contributed by atoms with E-state index in [1.165, 1.54) is 0 Å². The summed E-state index contributed by atoms with van der Waals surface area (Å²) in [6, 6.07) is 0. The summed E-state index contributed by atoms with van der Waals surface area (Å²) in [7, 11) is -1.29. The van der Waals surface area contributed by atoms with Gasteiger partial charge in [-0.15, -0.1) is 0 Å². The summed E-state index contributed by atoms with van der Waals surface area (Å²) in [6.07, 6.45) is 0. The molecule has 4 heteroatoms. The van der Waals surface area contributed by atoms with Gasteiger partial charge in [0.25, 0.3) is 7.74 Å². The van der Waals surface area contributed by atoms with E-state index in [4.69, 9.17) is 24.1 Å². The molecule has 0 aliphatic rings. The first-order valence-corrected chi connectivity index (χ1v) is 10.5. The van der Waals surface area contributed by atoms with Crippen LogP contribution in [-0.4, -0.2) is 7.74 Å². The number of rotatable bonds is 1. The summed E-state index contributed by atoms with van der Waals surface area (Å²) in [4.78, 5) is 0. The molecule has 0 saturated carbocycles. The Morgan fingerprint density at radius 1 is 1.30 bits per heavy atom. The van der Waals surface area contributed by atoms with E-state index in [0.717, 1.165) is 0 Å². The van der Waals surface area contributed by atoms with Crippen molar-refractivity contribution in [1.82, 2.24) is 0 Å². The van der Waals surface area contributed by atoms with Crippen LogP contribution < -0.4 is 0 Å². The fourth-order valence-corrected chi connectivity index (χ4v) is 7.39. The fraction of sp³-hybridized carbons (Fsp3) is 1.00. The molecule has 0 aromatic rings. The van der Waals surface area contributed by atoms with Crippen LogP contribution in [0.2, 0.25) is 18.1 Å². The summed E-state index contributed by atoms with van der Waals surface area (Å²) in [5, 5.41) is 0.377. The summed E-state index contributed by atoms with van der Waals surface area (Å²) >= 11 is 10.4. The molecule has 0 aromatic heterocycles. The standard InChI is InChI=1S/C6H15PS2Si/c1-6(2,3)10(4,5)7(8)9/h1-5H3. The second kappa shape index (κ2) is 3.22. The molecule has 1 atom stereocenters. The lowest BCUT2D eigenvalue weighted by Crippen LogP contribution is -2.32.